The SMILES string of the molecule is C#CC(CCC(C)C)NC. The number of nitrogens with one attached hydrogen (secondary N) is 1. The number of hydrogen-bond donors (Lipinski definition) is 1. The summed E-state index contributed by atoms with van der Waals surface area (Å²) in [5, 5.41) is 3.07. The summed E-state index contributed by atoms with van der Waals surface area (Å²) in [7, 11) is 1.91. The normalized spacial score (nSPS) is 13.1. The molecule has 0 saturated carbocycles. The van der Waals surface area contributed by atoms with Crippen molar-refractivity contribution in [3.63, 3.8) is 0 Å². The van der Waals surface area contributed by atoms with Gasteiger partial charge in [0.15, 0.2) is 0 Å². The van der Waals surface area contributed by atoms with Crippen LogP contribution in [-0.4, -0.2) is 13.1 Å². The lowest BCUT2D eigenvalue weighted by molar-refractivity contribution is 0.507. The van der Waals surface area contributed by atoms with E-state index in [4.69, 9.17) is 6.42 Å². The lowest BCUT2D eigenvalue weighted by Gasteiger charge is -2.09. The van der Waals surface area contributed by atoms with Crippen LogP contribution < -0.4 is 5.32 Å². The molecule has 0 aromatic rings. The highest BCUT2D eigenvalue weighted by Crippen LogP contribution is 2.05. The van der Waals surface area contributed by atoms with Crippen LogP contribution in [0, 0.1) is 18.3 Å². The van der Waals surface area contributed by atoms with Gasteiger partial charge in [0, 0.05) is 0 Å². The summed E-state index contributed by atoms with van der Waals surface area (Å²) in [4.78, 5) is 0. The van der Waals surface area contributed by atoms with Crippen molar-refractivity contribution >= 4 is 0 Å². The van der Waals surface area contributed by atoms with Crippen molar-refractivity contribution in [1.82, 2.24) is 5.32 Å². The molecule has 1 N–H and O–H groups in total. The van der Waals surface area contributed by atoms with Gasteiger partial charge in [0.1, 0.15) is 0 Å². The molecule has 0 rings (SSSR count). The molecule has 0 amide bonds. The average molecular weight is 139 g/mol. The molecular formula is C9H17N. The minimum Gasteiger partial charge on any atom is -0.307 e. The summed E-state index contributed by atoms with van der Waals surface area (Å²) >= 11 is 0. The van der Waals surface area contributed by atoms with Gasteiger partial charge in [-0.1, -0.05) is 19.8 Å². The molecule has 1 unspecified atom stereocenters. The lowest BCUT2D eigenvalue weighted by Crippen LogP contribution is -2.23. The molecule has 0 radical (unpaired) electrons. The Morgan fingerprint density at radius 3 is 2.30 bits per heavy atom. The minimum atomic E-state index is 0.266. The van der Waals surface area contributed by atoms with Gasteiger partial charge < -0.3 is 5.32 Å². The van der Waals surface area contributed by atoms with Crippen molar-refractivity contribution in [1.29, 1.82) is 0 Å². The van der Waals surface area contributed by atoms with E-state index < -0.39 is 0 Å². The zero-order chi connectivity index (χ0) is 7.98. The van der Waals surface area contributed by atoms with Crippen molar-refractivity contribution in [3.05, 3.63) is 0 Å². The van der Waals surface area contributed by atoms with Crippen LogP contribution >= 0.6 is 0 Å². The van der Waals surface area contributed by atoms with E-state index >= 15 is 0 Å². The van der Waals surface area contributed by atoms with Gasteiger partial charge in [-0.2, -0.15) is 0 Å². The Kier molecular flexibility index (Phi) is 5.06. The van der Waals surface area contributed by atoms with Crippen molar-refractivity contribution in [2.75, 3.05) is 7.05 Å². The van der Waals surface area contributed by atoms with E-state index in [0.717, 1.165) is 12.3 Å². The maximum Gasteiger partial charge on any atom is 0.0684 e. The van der Waals surface area contributed by atoms with E-state index in [-0.39, 0.29) is 6.04 Å². The van der Waals surface area contributed by atoms with E-state index in [1.165, 1.54) is 6.42 Å². The van der Waals surface area contributed by atoms with Crippen molar-refractivity contribution in [2.24, 2.45) is 5.92 Å². The third-order valence-corrected chi connectivity index (χ3v) is 1.58. The predicted molar refractivity (Wildman–Crippen MR) is 45.8 cm³/mol. The summed E-state index contributed by atoms with van der Waals surface area (Å²) < 4.78 is 0. The van der Waals surface area contributed by atoms with Gasteiger partial charge in [0.25, 0.3) is 0 Å². The molecule has 0 bridgehead atoms. The van der Waals surface area contributed by atoms with Gasteiger partial charge >= 0.3 is 0 Å². The fraction of sp³-hybridized carbons (Fsp3) is 0.778. The standard InChI is InChI=1S/C9H17N/c1-5-9(10-4)7-6-8(2)3/h1,8-10H,6-7H2,2-4H3. The molecule has 0 aromatic carbocycles. The third-order valence-electron chi connectivity index (χ3n) is 1.58. The molecule has 0 aliphatic rings. The molecule has 1 atom stereocenters. The summed E-state index contributed by atoms with van der Waals surface area (Å²) in [5.41, 5.74) is 0. The van der Waals surface area contributed by atoms with E-state index in [0.29, 0.717) is 0 Å². The van der Waals surface area contributed by atoms with Gasteiger partial charge in [-0.25, -0.2) is 0 Å². The highest BCUT2D eigenvalue weighted by Gasteiger charge is 2.01. The first-order chi connectivity index (χ1) is 4.70. The predicted octanol–water partition coefficient (Wildman–Crippen LogP) is 1.64. The molecular weight excluding hydrogens is 122 g/mol. The molecule has 0 saturated heterocycles. The zero-order valence-electron chi connectivity index (χ0n) is 7.15. The van der Waals surface area contributed by atoms with Crippen LogP contribution in [0.25, 0.3) is 0 Å². The third kappa shape index (κ3) is 4.40. The maximum atomic E-state index is 5.26. The second kappa shape index (κ2) is 5.32. The monoisotopic (exact) mass is 139 g/mol. The molecule has 0 aliphatic heterocycles. The Bertz CT molecular complexity index is 110. The summed E-state index contributed by atoms with van der Waals surface area (Å²) in [6.07, 6.45) is 7.55. The molecule has 58 valence electrons. The Morgan fingerprint density at radius 2 is 2.00 bits per heavy atom. The topological polar surface area (TPSA) is 12.0 Å². The summed E-state index contributed by atoms with van der Waals surface area (Å²) in [6.45, 7) is 4.42. The Morgan fingerprint density at radius 1 is 1.40 bits per heavy atom. The van der Waals surface area contributed by atoms with E-state index in [9.17, 15) is 0 Å². The second-order valence-corrected chi connectivity index (χ2v) is 2.98. The van der Waals surface area contributed by atoms with Gasteiger partial charge in [-0.3, -0.25) is 0 Å². The molecule has 1 nitrogen and oxygen atoms in total. The second-order valence-electron chi connectivity index (χ2n) is 2.98. The summed E-state index contributed by atoms with van der Waals surface area (Å²) in [5.74, 6) is 3.45. The molecule has 0 heterocycles. The van der Waals surface area contributed by atoms with Crippen LogP contribution in [0.1, 0.15) is 26.7 Å². The minimum absolute atomic E-state index is 0.266. The Hall–Kier alpha value is -0.480. The van der Waals surface area contributed by atoms with E-state index in [1.807, 2.05) is 7.05 Å². The Labute approximate surface area is 64.2 Å². The molecule has 0 aromatic heterocycles. The van der Waals surface area contributed by atoms with Gasteiger partial charge in [0.2, 0.25) is 0 Å². The van der Waals surface area contributed by atoms with Crippen molar-refractivity contribution < 1.29 is 0 Å². The van der Waals surface area contributed by atoms with Crippen LogP contribution in [0.15, 0.2) is 0 Å². The quantitative estimate of drug-likeness (QED) is 0.584. The maximum absolute atomic E-state index is 5.26. The first-order valence-electron chi connectivity index (χ1n) is 3.84. The smallest absolute Gasteiger partial charge is 0.0684 e. The molecule has 0 spiro atoms. The lowest BCUT2D eigenvalue weighted by atomic mass is 10.0. The van der Waals surface area contributed by atoms with Gasteiger partial charge in [-0.15, -0.1) is 6.42 Å². The molecule has 0 aliphatic carbocycles. The van der Waals surface area contributed by atoms with Crippen LogP contribution in [0.4, 0.5) is 0 Å². The van der Waals surface area contributed by atoms with E-state index in [1.54, 1.807) is 0 Å². The molecule has 0 fully saturated rings. The van der Waals surface area contributed by atoms with Gasteiger partial charge in [0.05, 0.1) is 6.04 Å². The number of hydrogen-bond acceptors (Lipinski definition) is 1. The largest absolute Gasteiger partial charge is 0.307 e. The Balaban J connectivity index is 3.38. The van der Waals surface area contributed by atoms with Gasteiger partial charge in [-0.05, 0) is 25.8 Å². The van der Waals surface area contributed by atoms with Crippen LogP contribution in [0.3, 0.4) is 0 Å². The van der Waals surface area contributed by atoms with Crippen molar-refractivity contribution in [2.45, 2.75) is 32.7 Å². The van der Waals surface area contributed by atoms with E-state index in [2.05, 4.69) is 25.1 Å². The fourth-order valence-corrected chi connectivity index (χ4v) is 0.811. The van der Waals surface area contributed by atoms with Crippen LogP contribution in [0.2, 0.25) is 0 Å². The highest BCUT2D eigenvalue weighted by molar-refractivity contribution is 4.97. The highest BCUT2D eigenvalue weighted by atomic mass is 14.8. The number of terminal acetylenes is 1. The number of rotatable bonds is 4. The first-order valence-corrected chi connectivity index (χ1v) is 3.84. The zero-order valence-corrected chi connectivity index (χ0v) is 7.15. The fourth-order valence-electron chi connectivity index (χ4n) is 0.811. The first kappa shape index (κ1) is 9.52. The molecule has 10 heavy (non-hydrogen) atoms. The van der Waals surface area contributed by atoms with Crippen molar-refractivity contribution in [3.8, 4) is 12.3 Å². The molecule has 1 heteroatoms. The van der Waals surface area contributed by atoms with Crippen LogP contribution in [-0.2, 0) is 0 Å². The summed E-state index contributed by atoms with van der Waals surface area (Å²) in [6, 6.07) is 0.266. The average Bonchev–Trinajstić information content (AvgIpc) is 1.90. The van der Waals surface area contributed by atoms with Crippen LogP contribution in [0.5, 0.6) is 0 Å².